The average Bonchev–Trinajstić information content (AvgIpc) is 2.74. The molecule has 1 saturated heterocycles. The van der Waals surface area contributed by atoms with Gasteiger partial charge in [0.15, 0.2) is 0 Å². The number of β-amino-alcohol motifs (C(OH)–C–C–N with tert-alkyl or cyclic N) is 1. The van der Waals surface area contributed by atoms with Gasteiger partial charge in [0.1, 0.15) is 6.04 Å². The van der Waals surface area contributed by atoms with Gasteiger partial charge in [-0.25, -0.2) is 9.59 Å². The van der Waals surface area contributed by atoms with Crippen molar-refractivity contribution in [1.82, 2.24) is 19.6 Å². The van der Waals surface area contributed by atoms with E-state index in [1.54, 1.807) is 11.8 Å². The minimum atomic E-state index is -1.21. The van der Waals surface area contributed by atoms with Crippen molar-refractivity contribution in [2.24, 2.45) is 0 Å². The number of hydrogen-bond acceptors (Lipinski definition) is 8. The minimum absolute atomic E-state index is 0.00420. The number of aliphatic carboxylic acids is 2. The van der Waals surface area contributed by atoms with Gasteiger partial charge in [-0.05, 0) is 19.8 Å². The third-order valence-electron chi connectivity index (χ3n) is 5.83. The van der Waals surface area contributed by atoms with Gasteiger partial charge in [0.2, 0.25) is 0 Å². The Balaban J connectivity index is 3.16. The molecule has 0 radical (unpaired) electrons. The van der Waals surface area contributed by atoms with Crippen LogP contribution >= 0.6 is 0 Å². The van der Waals surface area contributed by atoms with E-state index in [9.17, 15) is 39.6 Å². The molecule has 1 fully saturated rings. The number of rotatable bonds is 9. The van der Waals surface area contributed by atoms with E-state index < -0.39 is 48.9 Å². The number of hydrogen-bond donors (Lipinski definition) is 6. The lowest BCUT2D eigenvalue weighted by Gasteiger charge is -2.39. The summed E-state index contributed by atoms with van der Waals surface area (Å²) >= 11 is 0. The van der Waals surface area contributed by atoms with Crippen LogP contribution in [0.3, 0.4) is 0 Å². The molecule has 0 aromatic carbocycles. The van der Waals surface area contributed by atoms with Crippen molar-refractivity contribution in [1.29, 1.82) is 0 Å². The van der Waals surface area contributed by atoms with E-state index in [2.05, 4.69) is 0 Å². The number of nitrogens with zero attached hydrogens (tertiary/aromatic N) is 4. The number of carbonyl (C=O) groups is 4. The van der Waals surface area contributed by atoms with Gasteiger partial charge < -0.3 is 40.4 Å². The summed E-state index contributed by atoms with van der Waals surface area (Å²) in [6.45, 7) is 1.48. The summed E-state index contributed by atoms with van der Waals surface area (Å²) in [5.74, 6) is -2.26. The first-order valence-electron chi connectivity index (χ1n) is 11.1. The number of carboxylic acids is 2. The molecular formula is C20H36N4O10. The molecule has 34 heavy (non-hydrogen) atoms. The Hall–Kier alpha value is -2.68. The van der Waals surface area contributed by atoms with E-state index in [0.717, 1.165) is 9.80 Å². The molecule has 1 rings (SSSR count). The van der Waals surface area contributed by atoms with Gasteiger partial charge in [-0.2, -0.15) is 0 Å². The summed E-state index contributed by atoms with van der Waals surface area (Å²) in [5, 5.41) is 56.9. The molecule has 0 bridgehead atoms. The van der Waals surface area contributed by atoms with Crippen molar-refractivity contribution in [3.05, 3.63) is 0 Å². The molecule has 0 spiro atoms. The molecule has 0 aromatic rings. The van der Waals surface area contributed by atoms with Gasteiger partial charge in [0.25, 0.3) is 0 Å². The lowest BCUT2D eigenvalue weighted by Crippen LogP contribution is -2.55. The van der Waals surface area contributed by atoms with Crippen LogP contribution in [0, 0.1) is 0 Å². The number of amides is 2. The van der Waals surface area contributed by atoms with Crippen molar-refractivity contribution in [2.75, 3.05) is 59.0 Å². The normalized spacial score (nSPS) is 21.2. The van der Waals surface area contributed by atoms with Gasteiger partial charge in [0.05, 0.1) is 12.7 Å². The predicted molar refractivity (Wildman–Crippen MR) is 118 cm³/mol. The highest BCUT2D eigenvalue weighted by atomic mass is 16.4. The molecular weight excluding hydrogens is 456 g/mol. The van der Waals surface area contributed by atoms with Crippen LogP contribution in [0.4, 0.5) is 9.59 Å². The van der Waals surface area contributed by atoms with Crippen LogP contribution in [0.2, 0.25) is 0 Å². The highest BCUT2D eigenvalue weighted by Crippen LogP contribution is 2.16. The molecule has 0 saturated carbocycles. The summed E-state index contributed by atoms with van der Waals surface area (Å²) in [6, 6.07) is -1.71. The van der Waals surface area contributed by atoms with Crippen LogP contribution in [0.25, 0.3) is 0 Å². The number of carboxylic acid groups (broad SMARTS) is 4. The van der Waals surface area contributed by atoms with Crippen molar-refractivity contribution in [3.63, 3.8) is 0 Å². The molecule has 1 aliphatic rings. The third kappa shape index (κ3) is 10.1. The fraction of sp³-hybridized carbons (Fsp3) is 0.800. The van der Waals surface area contributed by atoms with Crippen LogP contribution in [0.15, 0.2) is 0 Å². The van der Waals surface area contributed by atoms with E-state index in [1.807, 2.05) is 0 Å². The zero-order valence-corrected chi connectivity index (χ0v) is 19.3. The second-order valence-electron chi connectivity index (χ2n) is 8.36. The Morgan fingerprint density at radius 2 is 1.44 bits per heavy atom. The van der Waals surface area contributed by atoms with E-state index in [4.69, 9.17) is 10.2 Å². The smallest absolute Gasteiger partial charge is 0.407 e. The highest BCUT2D eigenvalue weighted by molar-refractivity contribution is 5.74. The molecule has 1 aliphatic heterocycles. The lowest BCUT2D eigenvalue weighted by molar-refractivity contribution is -0.145. The molecule has 1 heterocycles. The molecule has 3 unspecified atom stereocenters. The quantitative estimate of drug-likeness (QED) is 0.230. The topological polar surface area (TPSA) is 203 Å². The van der Waals surface area contributed by atoms with Crippen molar-refractivity contribution in [3.8, 4) is 0 Å². The van der Waals surface area contributed by atoms with E-state index >= 15 is 0 Å². The standard InChI is InChI=1S/C20H36N4O10/c1-14-11-23(20(33)34)8-6-21(12-15(26)13-25)5-7-22(19(31)32)9-10-24(14)16(18(29)30)3-2-4-17(27)28/h14-16,25-26H,2-13H2,1H3,(H,27,28)(H,29,30)(H,31,32)(H,33,34). The Kier molecular flexibility index (Phi) is 12.6. The maximum Gasteiger partial charge on any atom is 0.407 e. The first-order valence-corrected chi connectivity index (χ1v) is 11.1. The fourth-order valence-electron chi connectivity index (χ4n) is 3.96. The maximum atomic E-state index is 12.0. The molecule has 6 N–H and O–H groups in total. The first kappa shape index (κ1) is 29.4. The summed E-state index contributed by atoms with van der Waals surface area (Å²) in [5.41, 5.74) is 0. The molecule has 14 heteroatoms. The van der Waals surface area contributed by atoms with E-state index in [0.29, 0.717) is 0 Å². The predicted octanol–water partition coefficient (Wildman–Crippen LogP) is -0.986. The van der Waals surface area contributed by atoms with Gasteiger partial charge in [-0.3, -0.25) is 19.4 Å². The summed E-state index contributed by atoms with van der Waals surface area (Å²) in [4.78, 5) is 51.9. The number of aliphatic hydroxyl groups excluding tert-OH is 2. The van der Waals surface area contributed by atoms with Crippen molar-refractivity contribution in [2.45, 2.75) is 44.4 Å². The zero-order chi connectivity index (χ0) is 25.8. The van der Waals surface area contributed by atoms with E-state index in [-0.39, 0.29) is 71.6 Å². The highest BCUT2D eigenvalue weighted by Gasteiger charge is 2.32. The van der Waals surface area contributed by atoms with Crippen LogP contribution in [0.5, 0.6) is 0 Å². The Morgan fingerprint density at radius 3 is 1.94 bits per heavy atom. The van der Waals surface area contributed by atoms with Crippen molar-refractivity contribution < 1.29 is 49.8 Å². The SMILES string of the molecule is CC1CN(C(=O)O)CCN(CC(O)CO)CCN(C(=O)O)CCN1C(CCCC(=O)O)C(=O)O. The van der Waals surface area contributed by atoms with Crippen LogP contribution in [0.1, 0.15) is 26.2 Å². The Bertz CT molecular complexity index is 694. The van der Waals surface area contributed by atoms with Gasteiger partial charge >= 0.3 is 24.1 Å². The summed E-state index contributed by atoms with van der Waals surface area (Å²) in [7, 11) is 0. The van der Waals surface area contributed by atoms with E-state index in [1.165, 1.54) is 4.90 Å². The van der Waals surface area contributed by atoms with Crippen LogP contribution in [-0.2, 0) is 9.59 Å². The first-order chi connectivity index (χ1) is 16.0. The second-order valence-corrected chi connectivity index (χ2v) is 8.36. The molecule has 0 aliphatic carbocycles. The minimum Gasteiger partial charge on any atom is -0.481 e. The fourth-order valence-corrected chi connectivity index (χ4v) is 3.96. The number of aliphatic hydroxyl groups is 2. The van der Waals surface area contributed by atoms with Crippen molar-refractivity contribution >= 4 is 24.1 Å². The summed E-state index contributed by atoms with van der Waals surface area (Å²) < 4.78 is 0. The second kappa shape index (κ2) is 14.6. The van der Waals surface area contributed by atoms with Gasteiger partial charge in [-0.1, -0.05) is 0 Å². The molecule has 2 amide bonds. The monoisotopic (exact) mass is 492 g/mol. The van der Waals surface area contributed by atoms with Gasteiger partial charge in [0, 0.05) is 64.8 Å². The molecule has 0 aromatic heterocycles. The zero-order valence-electron chi connectivity index (χ0n) is 19.3. The van der Waals surface area contributed by atoms with Gasteiger partial charge in [-0.15, -0.1) is 0 Å². The average molecular weight is 493 g/mol. The molecule has 3 atom stereocenters. The van der Waals surface area contributed by atoms with Crippen LogP contribution < -0.4 is 0 Å². The van der Waals surface area contributed by atoms with Crippen LogP contribution in [-0.4, -0.2) is 152 Å². The Morgan fingerprint density at radius 1 is 0.882 bits per heavy atom. The maximum absolute atomic E-state index is 12.0. The largest absolute Gasteiger partial charge is 0.481 e. The lowest BCUT2D eigenvalue weighted by atomic mass is 10.1. The summed E-state index contributed by atoms with van der Waals surface area (Å²) in [6.07, 6.45) is -3.60. The molecule has 196 valence electrons. The Labute approximate surface area is 197 Å². The molecule has 14 nitrogen and oxygen atoms in total. The third-order valence-corrected chi connectivity index (χ3v) is 5.83.